The van der Waals surface area contributed by atoms with Gasteiger partial charge in [-0.15, -0.1) is 0 Å². The minimum Gasteiger partial charge on any atom is -0.394 e. The van der Waals surface area contributed by atoms with Gasteiger partial charge in [-0.2, -0.15) is 0 Å². The van der Waals surface area contributed by atoms with Gasteiger partial charge in [-0.3, -0.25) is 0 Å². The van der Waals surface area contributed by atoms with Gasteiger partial charge in [-0.25, -0.2) is 8.42 Å². The second-order valence-corrected chi connectivity index (χ2v) is 6.46. The van der Waals surface area contributed by atoms with Crippen LogP contribution in [0.1, 0.15) is 25.7 Å². The average Bonchev–Trinajstić information content (AvgIpc) is 2.52. The standard InChI is InChI=1S/C9H19NO3S/c1-14(12,13)7-3-5-9(8-11)4-2-6-10-9/h10-11H,2-8H2,1H3. The Hall–Kier alpha value is -0.130. The molecule has 0 aromatic rings. The number of hydrogen-bond donors (Lipinski definition) is 2. The first-order valence-electron chi connectivity index (χ1n) is 5.01. The van der Waals surface area contributed by atoms with Gasteiger partial charge in [0.05, 0.1) is 6.61 Å². The highest BCUT2D eigenvalue weighted by Gasteiger charge is 2.32. The fraction of sp³-hybridized carbons (Fsp3) is 1.00. The number of rotatable bonds is 5. The fourth-order valence-electron chi connectivity index (χ4n) is 1.97. The molecular formula is C9H19NO3S. The molecule has 4 nitrogen and oxygen atoms in total. The maximum absolute atomic E-state index is 10.9. The normalized spacial score (nSPS) is 28.1. The van der Waals surface area contributed by atoms with Crippen molar-refractivity contribution in [2.24, 2.45) is 0 Å². The summed E-state index contributed by atoms with van der Waals surface area (Å²) >= 11 is 0. The molecule has 0 aromatic carbocycles. The predicted molar refractivity (Wildman–Crippen MR) is 56.0 cm³/mol. The molecule has 1 rings (SSSR count). The van der Waals surface area contributed by atoms with Gasteiger partial charge in [-0.1, -0.05) is 0 Å². The zero-order valence-electron chi connectivity index (χ0n) is 8.62. The van der Waals surface area contributed by atoms with Crippen LogP contribution in [-0.4, -0.2) is 44.2 Å². The molecule has 1 saturated heterocycles. The van der Waals surface area contributed by atoms with Crippen molar-refractivity contribution >= 4 is 9.84 Å². The van der Waals surface area contributed by atoms with Crippen molar-refractivity contribution in [3.05, 3.63) is 0 Å². The van der Waals surface area contributed by atoms with Crippen LogP contribution in [-0.2, 0) is 9.84 Å². The van der Waals surface area contributed by atoms with Crippen LogP contribution >= 0.6 is 0 Å². The molecule has 1 atom stereocenters. The second kappa shape index (κ2) is 4.59. The van der Waals surface area contributed by atoms with Gasteiger partial charge < -0.3 is 10.4 Å². The molecule has 0 radical (unpaired) electrons. The Labute approximate surface area is 85.6 Å². The van der Waals surface area contributed by atoms with Crippen molar-refractivity contribution in [2.75, 3.05) is 25.2 Å². The molecule has 5 heteroatoms. The minimum absolute atomic E-state index is 0.108. The molecule has 0 aliphatic carbocycles. The lowest BCUT2D eigenvalue weighted by molar-refractivity contribution is 0.168. The molecule has 1 fully saturated rings. The summed E-state index contributed by atoms with van der Waals surface area (Å²) in [4.78, 5) is 0. The SMILES string of the molecule is CS(=O)(=O)CCCC1(CO)CCCN1. The van der Waals surface area contributed by atoms with Gasteiger partial charge in [0.2, 0.25) is 0 Å². The third-order valence-corrected chi connectivity index (χ3v) is 3.84. The summed E-state index contributed by atoms with van der Waals surface area (Å²) in [5.74, 6) is 0.219. The van der Waals surface area contributed by atoms with E-state index in [2.05, 4.69) is 5.32 Å². The molecule has 14 heavy (non-hydrogen) atoms. The van der Waals surface area contributed by atoms with E-state index in [9.17, 15) is 13.5 Å². The first-order valence-corrected chi connectivity index (χ1v) is 7.07. The zero-order valence-corrected chi connectivity index (χ0v) is 9.44. The summed E-state index contributed by atoms with van der Waals surface area (Å²) in [5.41, 5.74) is -0.204. The van der Waals surface area contributed by atoms with Crippen LogP contribution in [0.4, 0.5) is 0 Å². The van der Waals surface area contributed by atoms with Gasteiger partial charge in [-0.05, 0) is 32.2 Å². The quantitative estimate of drug-likeness (QED) is 0.682. The van der Waals surface area contributed by atoms with E-state index in [0.717, 1.165) is 25.8 Å². The topological polar surface area (TPSA) is 66.4 Å². The van der Waals surface area contributed by atoms with E-state index in [4.69, 9.17) is 0 Å². The highest BCUT2D eigenvalue weighted by molar-refractivity contribution is 7.90. The predicted octanol–water partition coefficient (Wildman–Crippen LogP) is -0.0743. The van der Waals surface area contributed by atoms with Gasteiger partial charge in [0.15, 0.2) is 0 Å². The van der Waals surface area contributed by atoms with Crippen LogP contribution in [0.5, 0.6) is 0 Å². The lowest BCUT2D eigenvalue weighted by Crippen LogP contribution is -2.43. The van der Waals surface area contributed by atoms with Crippen molar-refractivity contribution in [2.45, 2.75) is 31.2 Å². The number of nitrogens with one attached hydrogen (secondary N) is 1. The summed E-state index contributed by atoms with van der Waals surface area (Å²) in [6.07, 6.45) is 4.65. The Bertz CT molecular complexity index is 268. The highest BCUT2D eigenvalue weighted by atomic mass is 32.2. The molecule has 1 aliphatic rings. The number of aliphatic hydroxyl groups is 1. The van der Waals surface area contributed by atoms with Crippen molar-refractivity contribution < 1.29 is 13.5 Å². The van der Waals surface area contributed by atoms with E-state index < -0.39 is 9.84 Å². The second-order valence-electron chi connectivity index (χ2n) is 4.20. The first-order chi connectivity index (χ1) is 6.47. The summed E-state index contributed by atoms with van der Waals surface area (Å²) < 4.78 is 21.8. The maximum Gasteiger partial charge on any atom is 0.147 e. The molecule has 1 aliphatic heterocycles. The first kappa shape index (κ1) is 11.9. The third-order valence-electron chi connectivity index (χ3n) is 2.81. The van der Waals surface area contributed by atoms with E-state index in [1.165, 1.54) is 6.26 Å². The van der Waals surface area contributed by atoms with E-state index >= 15 is 0 Å². The Balaban J connectivity index is 2.35. The van der Waals surface area contributed by atoms with Crippen molar-refractivity contribution in [1.29, 1.82) is 0 Å². The highest BCUT2D eigenvalue weighted by Crippen LogP contribution is 2.24. The molecule has 0 saturated carbocycles. The number of aliphatic hydroxyl groups excluding tert-OH is 1. The molecule has 84 valence electrons. The third kappa shape index (κ3) is 3.55. The van der Waals surface area contributed by atoms with Crippen LogP contribution in [0.2, 0.25) is 0 Å². The molecule has 2 N–H and O–H groups in total. The van der Waals surface area contributed by atoms with E-state index in [1.54, 1.807) is 0 Å². The monoisotopic (exact) mass is 221 g/mol. The van der Waals surface area contributed by atoms with E-state index in [-0.39, 0.29) is 17.9 Å². The molecule has 0 amide bonds. The van der Waals surface area contributed by atoms with Gasteiger partial charge in [0.1, 0.15) is 9.84 Å². The molecule has 1 heterocycles. The average molecular weight is 221 g/mol. The fourth-order valence-corrected chi connectivity index (χ4v) is 2.64. The Kier molecular flexibility index (Phi) is 3.92. The number of hydrogen-bond acceptors (Lipinski definition) is 4. The summed E-state index contributed by atoms with van der Waals surface area (Å²) in [6.45, 7) is 1.04. The number of sulfone groups is 1. The maximum atomic E-state index is 10.9. The van der Waals surface area contributed by atoms with E-state index in [1.807, 2.05) is 0 Å². The zero-order chi connectivity index (χ0) is 10.7. The van der Waals surface area contributed by atoms with Crippen molar-refractivity contribution in [1.82, 2.24) is 5.32 Å². The smallest absolute Gasteiger partial charge is 0.147 e. The Morgan fingerprint density at radius 1 is 1.50 bits per heavy atom. The van der Waals surface area contributed by atoms with Crippen molar-refractivity contribution in [3.8, 4) is 0 Å². The Morgan fingerprint density at radius 2 is 2.21 bits per heavy atom. The minimum atomic E-state index is -2.86. The van der Waals surface area contributed by atoms with Crippen LogP contribution in [0.3, 0.4) is 0 Å². The van der Waals surface area contributed by atoms with Crippen molar-refractivity contribution in [3.63, 3.8) is 0 Å². The van der Waals surface area contributed by atoms with Gasteiger partial charge in [0, 0.05) is 17.5 Å². The molecule has 0 spiro atoms. The van der Waals surface area contributed by atoms with Gasteiger partial charge >= 0.3 is 0 Å². The largest absolute Gasteiger partial charge is 0.394 e. The van der Waals surface area contributed by atoms with Crippen LogP contribution in [0.15, 0.2) is 0 Å². The van der Waals surface area contributed by atoms with Crippen LogP contribution in [0.25, 0.3) is 0 Å². The lowest BCUT2D eigenvalue weighted by atomic mass is 9.93. The Morgan fingerprint density at radius 3 is 2.64 bits per heavy atom. The van der Waals surface area contributed by atoms with Crippen LogP contribution in [0, 0.1) is 0 Å². The van der Waals surface area contributed by atoms with Crippen LogP contribution < -0.4 is 5.32 Å². The molecule has 1 unspecified atom stereocenters. The molecule has 0 bridgehead atoms. The summed E-state index contributed by atoms with van der Waals surface area (Å²) in [6, 6.07) is 0. The van der Waals surface area contributed by atoms with Gasteiger partial charge in [0.25, 0.3) is 0 Å². The molecule has 0 aromatic heterocycles. The molecular weight excluding hydrogens is 202 g/mol. The van der Waals surface area contributed by atoms with E-state index in [0.29, 0.717) is 6.42 Å². The summed E-state index contributed by atoms with van der Waals surface area (Å²) in [5, 5.41) is 12.5. The summed E-state index contributed by atoms with van der Waals surface area (Å²) in [7, 11) is -2.86. The lowest BCUT2D eigenvalue weighted by Gasteiger charge is -2.26.